The molecule has 0 N–H and O–H groups in total. The minimum Gasteiger partial charge on any atom is -0.496 e. The van der Waals surface area contributed by atoms with Crippen LogP contribution < -0.4 is 4.74 Å². The number of hydrogen-bond acceptors (Lipinski definition) is 2. The summed E-state index contributed by atoms with van der Waals surface area (Å²) in [5.41, 5.74) is 3.32. The van der Waals surface area contributed by atoms with E-state index in [1.165, 1.54) is 11.1 Å². The number of rotatable bonds is 4. The Morgan fingerprint density at radius 2 is 1.74 bits per heavy atom. The molecule has 0 atom stereocenters. The van der Waals surface area contributed by atoms with Crippen molar-refractivity contribution >= 4 is 5.78 Å². The van der Waals surface area contributed by atoms with E-state index >= 15 is 0 Å². The van der Waals surface area contributed by atoms with Crippen LogP contribution in [0.15, 0.2) is 12.1 Å². The average molecular weight is 264 g/mol. The molecule has 19 heavy (non-hydrogen) atoms. The zero-order valence-corrected chi connectivity index (χ0v) is 13.7. The number of ketones is 1. The van der Waals surface area contributed by atoms with Gasteiger partial charge in [-0.15, -0.1) is 0 Å². The van der Waals surface area contributed by atoms with Crippen LogP contribution in [-0.4, -0.2) is 12.9 Å². The molecule has 108 valence electrons. The Morgan fingerprint density at radius 3 is 2.16 bits per heavy atom. The van der Waals surface area contributed by atoms with Crippen LogP contribution in [0.4, 0.5) is 0 Å². The Labute approximate surface area is 118 Å². The average Bonchev–Trinajstić information content (AvgIpc) is 2.28. The van der Waals surface area contributed by atoms with E-state index in [1.807, 2.05) is 19.9 Å². The SMILES string of the molecule is CC.COc1cc(C)cc(C)c1C(C)(C)CC(C)=O. The molecule has 0 spiro atoms. The molecule has 0 aliphatic heterocycles. The topological polar surface area (TPSA) is 26.3 Å². The van der Waals surface area contributed by atoms with Crippen LogP contribution in [0.25, 0.3) is 0 Å². The van der Waals surface area contributed by atoms with Crippen molar-refractivity contribution in [2.75, 3.05) is 7.11 Å². The van der Waals surface area contributed by atoms with E-state index in [1.54, 1.807) is 14.0 Å². The van der Waals surface area contributed by atoms with Gasteiger partial charge in [-0.1, -0.05) is 33.8 Å². The van der Waals surface area contributed by atoms with Crippen LogP contribution in [0.2, 0.25) is 0 Å². The van der Waals surface area contributed by atoms with Gasteiger partial charge in [0.05, 0.1) is 7.11 Å². The van der Waals surface area contributed by atoms with Crippen LogP contribution in [-0.2, 0) is 10.2 Å². The molecule has 0 aromatic heterocycles. The number of aryl methyl sites for hydroxylation is 2. The largest absolute Gasteiger partial charge is 0.496 e. The van der Waals surface area contributed by atoms with Crippen molar-refractivity contribution in [2.24, 2.45) is 0 Å². The summed E-state index contributed by atoms with van der Waals surface area (Å²) in [5.74, 6) is 1.09. The monoisotopic (exact) mass is 264 g/mol. The summed E-state index contributed by atoms with van der Waals surface area (Å²) in [6, 6.07) is 4.17. The summed E-state index contributed by atoms with van der Waals surface area (Å²) < 4.78 is 5.46. The van der Waals surface area contributed by atoms with Gasteiger partial charge in [-0.2, -0.15) is 0 Å². The van der Waals surface area contributed by atoms with Crippen molar-refractivity contribution in [3.8, 4) is 5.75 Å². The van der Waals surface area contributed by atoms with Gasteiger partial charge >= 0.3 is 0 Å². The summed E-state index contributed by atoms with van der Waals surface area (Å²) in [4.78, 5) is 11.4. The molecule has 0 unspecified atom stereocenters. The van der Waals surface area contributed by atoms with Crippen LogP contribution in [0.5, 0.6) is 5.75 Å². The number of carbonyl (C=O) groups excluding carboxylic acids is 1. The molecule has 2 nitrogen and oxygen atoms in total. The molecule has 0 aliphatic rings. The van der Waals surface area contributed by atoms with Gasteiger partial charge in [0.2, 0.25) is 0 Å². The molecule has 0 aliphatic carbocycles. The molecular formula is C17H28O2. The molecule has 0 fully saturated rings. The van der Waals surface area contributed by atoms with Gasteiger partial charge in [-0.05, 0) is 38.0 Å². The van der Waals surface area contributed by atoms with Crippen LogP contribution in [0.1, 0.15) is 57.7 Å². The zero-order chi connectivity index (χ0) is 15.2. The minimum absolute atomic E-state index is 0.186. The van der Waals surface area contributed by atoms with Crippen LogP contribution in [0, 0.1) is 13.8 Å². The molecule has 0 amide bonds. The Hall–Kier alpha value is -1.31. The maximum Gasteiger partial charge on any atom is 0.130 e. The Morgan fingerprint density at radius 1 is 1.21 bits per heavy atom. The highest BCUT2D eigenvalue weighted by atomic mass is 16.5. The zero-order valence-electron chi connectivity index (χ0n) is 13.7. The van der Waals surface area contributed by atoms with Gasteiger partial charge in [-0.3, -0.25) is 4.79 Å². The van der Waals surface area contributed by atoms with Gasteiger partial charge in [0.1, 0.15) is 11.5 Å². The summed E-state index contributed by atoms with van der Waals surface area (Å²) >= 11 is 0. The second-order valence-corrected chi connectivity index (χ2v) is 5.42. The maximum absolute atomic E-state index is 11.4. The lowest BCUT2D eigenvalue weighted by Crippen LogP contribution is -2.23. The predicted molar refractivity (Wildman–Crippen MR) is 82.1 cm³/mol. The summed E-state index contributed by atoms with van der Waals surface area (Å²) in [6.07, 6.45) is 0.535. The van der Waals surface area contributed by atoms with Gasteiger partial charge in [-0.25, -0.2) is 0 Å². The third kappa shape index (κ3) is 4.70. The maximum atomic E-state index is 11.4. The smallest absolute Gasteiger partial charge is 0.130 e. The number of methoxy groups -OCH3 is 1. The predicted octanol–water partition coefficient (Wildman–Crippen LogP) is 4.59. The van der Waals surface area contributed by atoms with E-state index in [-0.39, 0.29) is 11.2 Å². The lowest BCUT2D eigenvalue weighted by molar-refractivity contribution is -0.118. The van der Waals surface area contributed by atoms with Crippen molar-refractivity contribution in [3.63, 3.8) is 0 Å². The van der Waals surface area contributed by atoms with E-state index in [0.29, 0.717) is 6.42 Å². The second kappa shape index (κ2) is 7.32. The summed E-state index contributed by atoms with van der Waals surface area (Å²) in [5, 5.41) is 0. The fourth-order valence-electron chi connectivity index (χ4n) is 2.67. The van der Waals surface area contributed by atoms with Gasteiger partial charge in [0.15, 0.2) is 0 Å². The highest BCUT2D eigenvalue weighted by Gasteiger charge is 2.28. The first-order chi connectivity index (χ1) is 8.77. The van der Waals surface area contributed by atoms with Crippen LogP contribution >= 0.6 is 0 Å². The molecule has 0 heterocycles. The van der Waals surface area contributed by atoms with Gasteiger partial charge < -0.3 is 4.74 Å². The first-order valence-corrected chi connectivity index (χ1v) is 6.93. The summed E-state index contributed by atoms with van der Waals surface area (Å²) in [7, 11) is 1.68. The fraction of sp³-hybridized carbons (Fsp3) is 0.588. The number of carbonyl (C=O) groups is 1. The molecule has 2 heteroatoms. The fourth-order valence-corrected chi connectivity index (χ4v) is 2.67. The second-order valence-electron chi connectivity index (χ2n) is 5.42. The highest BCUT2D eigenvalue weighted by molar-refractivity contribution is 5.77. The highest BCUT2D eigenvalue weighted by Crippen LogP contribution is 2.37. The third-order valence-corrected chi connectivity index (χ3v) is 3.03. The molecule has 1 aromatic rings. The van der Waals surface area contributed by atoms with Crippen molar-refractivity contribution in [2.45, 2.75) is 60.3 Å². The third-order valence-electron chi connectivity index (χ3n) is 3.03. The molecule has 0 saturated heterocycles. The van der Waals surface area contributed by atoms with E-state index in [0.717, 1.165) is 11.3 Å². The molecular weight excluding hydrogens is 236 g/mol. The Balaban J connectivity index is 0.00000154. The standard InChI is InChI=1S/C15H22O2.C2H6/c1-10-7-11(2)14(13(8-10)17-6)15(4,5)9-12(3)16;1-2/h7-8H,9H2,1-6H3;1-2H3. The molecule has 1 aromatic carbocycles. The minimum atomic E-state index is -0.186. The number of Topliss-reactive ketones (excluding diaryl/α,β-unsaturated/α-hetero) is 1. The Kier molecular flexibility index (Phi) is 6.82. The first-order valence-electron chi connectivity index (χ1n) is 6.93. The van der Waals surface area contributed by atoms with Crippen molar-refractivity contribution in [1.29, 1.82) is 0 Å². The van der Waals surface area contributed by atoms with E-state index < -0.39 is 0 Å². The Bertz CT molecular complexity index is 431. The molecule has 1 rings (SSSR count). The number of benzene rings is 1. The lowest BCUT2D eigenvalue weighted by Gasteiger charge is -2.28. The molecule has 0 radical (unpaired) electrons. The van der Waals surface area contributed by atoms with E-state index in [9.17, 15) is 4.79 Å². The quantitative estimate of drug-likeness (QED) is 0.794. The van der Waals surface area contributed by atoms with E-state index in [4.69, 9.17) is 4.74 Å². The van der Waals surface area contributed by atoms with Crippen molar-refractivity contribution in [3.05, 3.63) is 28.8 Å². The lowest BCUT2D eigenvalue weighted by atomic mass is 9.77. The van der Waals surface area contributed by atoms with Crippen molar-refractivity contribution in [1.82, 2.24) is 0 Å². The summed E-state index contributed by atoms with van der Waals surface area (Å²) in [6.45, 7) is 13.9. The van der Waals surface area contributed by atoms with Gasteiger partial charge in [0, 0.05) is 17.4 Å². The molecule has 0 bridgehead atoms. The van der Waals surface area contributed by atoms with Crippen molar-refractivity contribution < 1.29 is 9.53 Å². The number of hydrogen-bond donors (Lipinski definition) is 0. The molecule has 0 saturated carbocycles. The van der Waals surface area contributed by atoms with Gasteiger partial charge in [0.25, 0.3) is 0 Å². The normalized spacial score (nSPS) is 10.5. The van der Waals surface area contributed by atoms with E-state index in [2.05, 4.69) is 33.8 Å². The first kappa shape index (κ1) is 17.7. The van der Waals surface area contributed by atoms with Crippen LogP contribution in [0.3, 0.4) is 0 Å². The number of ether oxygens (including phenoxy) is 1.